The zero-order valence-corrected chi connectivity index (χ0v) is 16.9. The van der Waals surface area contributed by atoms with Gasteiger partial charge in [-0.05, 0) is 23.3 Å². The van der Waals surface area contributed by atoms with Gasteiger partial charge in [-0.2, -0.15) is 0 Å². The number of carbonyl (C=O) groups is 3. The van der Waals surface area contributed by atoms with Gasteiger partial charge in [0.25, 0.3) is 5.91 Å². The lowest BCUT2D eigenvalue weighted by atomic mass is 9.99. The smallest absolute Gasteiger partial charge is 0.333 e. The van der Waals surface area contributed by atoms with Crippen LogP contribution >= 0.6 is 0 Å². The molecule has 30 heavy (non-hydrogen) atoms. The van der Waals surface area contributed by atoms with Crippen molar-refractivity contribution in [2.24, 2.45) is 0 Å². The summed E-state index contributed by atoms with van der Waals surface area (Å²) >= 11 is 0. The van der Waals surface area contributed by atoms with Crippen LogP contribution in [0.25, 0.3) is 0 Å². The standard InChI is InChI=1S/C22H25NO7/c1-28-19(21(25)26)12-15-8-10-17(11-9-15)30-14-20(24)23-13-18(22(27)29-2)16-6-4-3-5-7-16/h3-11,18-19H,12-14H2,1-2H3,(H,23,24)(H,25,26)/t18?,19-/m0/s1. The van der Waals surface area contributed by atoms with Crippen LogP contribution < -0.4 is 10.1 Å². The Morgan fingerprint density at radius 2 is 1.67 bits per heavy atom. The number of aliphatic carboxylic acids is 1. The monoisotopic (exact) mass is 415 g/mol. The van der Waals surface area contributed by atoms with Gasteiger partial charge in [0.05, 0.1) is 13.0 Å². The molecule has 2 N–H and O–H groups in total. The first-order chi connectivity index (χ1) is 14.4. The van der Waals surface area contributed by atoms with E-state index in [-0.39, 0.29) is 25.5 Å². The molecule has 8 heteroatoms. The molecule has 0 aromatic heterocycles. The van der Waals surface area contributed by atoms with Crippen LogP contribution in [0.3, 0.4) is 0 Å². The molecule has 0 fully saturated rings. The van der Waals surface area contributed by atoms with Crippen molar-refractivity contribution in [3.8, 4) is 5.75 Å². The highest BCUT2D eigenvalue weighted by molar-refractivity contribution is 5.81. The minimum absolute atomic E-state index is 0.0887. The first-order valence-corrected chi connectivity index (χ1v) is 9.31. The number of carboxylic acid groups (broad SMARTS) is 1. The fourth-order valence-electron chi connectivity index (χ4n) is 2.79. The Kier molecular flexibility index (Phi) is 8.83. The summed E-state index contributed by atoms with van der Waals surface area (Å²) in [6.45, 7) is -0.136. The van der Waals surface area contributed by atoms with Crippen molar-refractivity contribution in [2.45, 2.75) is 18.4 Å². The molecule has 1 unspecified atom stereocenters. The van der Waals surface area contributed by atoms with Gasteiger partial charge in [-0.1, -0.05) is 42.5 Å². The maximum atomic E-state index is 12.1. The van der Waals surface area contributed by atoms with Gasteiger partial charge in [0.1, 0.15) is 5.75 Å². The predicted octanol–water partition coefficient (Wildman–Crippen LogP) is 1.78. The molecule has 2 aromatic rings. The van der Waals surface area contributed by atoms with Crippen LogP contribution in [0.5, 0.6) is 5.75 Å². The van der Waals surface area contributed by atoms with E-state index in [1.54, 1.807) is 36.4 Å². The van der Waals surface area contributed by atoms with Crippen LogP contribution in [0.2, 0.25) is 0 Å². The lowest BCUT2D eigenvalue weighted by Gasteiger charge is -2.16. The third-order valence-corrected chi connectivity index (χ3v) is 4.47. The van der Waals surface area contributed by atoms with Gasteiger partial charge in [0, 0.05) is 20.1 Å². The maximum absolute atomic E-state index is 12.1. The van der Waals surface area contributed by atoms with E-state index in [0.29, 0.717) is 5.75 Å². The Morgan fingerprint density at radius 1 is 1.00 bits per heavy atom. The lowest BCUT2D eigenvalue weighted by molar-refractivity contribution is -0.148. The molecule has 0 spiro atoms. The van der Waals surface area contributed by atoms with Gasteiger partial charge in [-0.25, -0.2) is 4.79 Å². The fourth-order valence-corrected chi connectivity index (χ4v) is 2.79. The zero-order valence-electron chi connectivity index (χ0n) is 16.9. The van der Waals surface area contributed by atoms with Crippen molar-refractivity contribution < 1.29 is 33.7 Å². The minimum atomic E-state index is -1.03. The third-order valence-electron chi connectivity index (χ3n) is 4.47. The lowest BCUT2D eigenvalue weighted by Crippen LogP contribution is -2.35. The van der Waals surface area contributed by atoms with Crippen molar-refractivity contribution >= 4 is 17.8 Å². The quantitative estimate of drug-likeness (QED) is 0.538. The molecule has 0 saturated heterocycles. The van der Waals surface area contributed by atoms with Crippen LogP contribution in [-0.2, 0) is 30.3 Å². The van der Waals surface area contributed by atoms with E-state index in [0.717, 1.165) is 11.1 Å². The topological polar surface area (TPSA) is 111 Å². The summed E-state index contributed by atoms with van der Waals surface area (Å²) in [5, 5.41) is 11.7. The number of amides is 1. The Balaban J connectivity index is 1.85. The van der Waals surface area contributed by atoms with Crippen LogP contribution in [0.15, 0.2) is 54.6 Å². The van der Waals surface area contributed by atoms with Gasteiger partial charge in [-0.15, -0.1) is 0 Å². The Bertz CT molecular complexity index is 836. The van der Waals surface area contributed by atoms with Crippen molar-refractivity contribution in [3.63, 3.8) is 0 Å². The van der Waals surface area contributed by atoms with E-state index in [2.05, 4.69) is 5.32 Å². The molecule has 0 aliphatic carbocycles. The molecule has 0 bridgehead atoms. The highest BCUT2D eigenvalue weighted by Crippen LogP contribution is 2.17. The molecule has 2 rings (SSSR count). The molecule has 2 atom stereocenters. The van der Waals surface area contributed by atoms with Gasteiger partial charge in [0.2, 0.25) is 0 Å². The van der Waals surface area contributed by atoms with Crippen LogP contribution in [0.4, 0.5) is 0 Å². The Hall–Kier alpha value is -3.39. The van der Waals surface area contributed by atoms with E-state index in [9.17, 15) is 14.4 Å². The van der Waals surface area contributed by atoms with Gasteiger partial charge < -0.3 is 24.6 Å². The third kappa shape index (κ3) is 6.89. The summed E-state index contributed by atoms with van der Waals surface area (Å²) in [5.74, 6) is -1.99. The maximum Gasteiger partial charge on any atom is 0.333 e. The molecule has 0 aliphatic heterocycles. The minimum Gasteiger partial charge on any atom is -0.484 e. The summed E-state index contributed by atoms with van der Waals surface area (Å²) < 4.78 is 15.2. The normalized spacial score (nSPS) is 12.5. The number of methoxy groups -OCH3 is 2. The van der Waals surface area contributed by atoms with E-state index < -0.39 is 24.0 Å². The molecule has 0 saturated carbocycles. The Labute approximate surface area is 174 Å². The second kappa shape index (κ2) is 11.6. The number of rotatable bonds is 11. The summed E-state index contributed by atoms with van der Waals surface area (Å²) in [5.41, 5.74) is 1.52. The van der Waals surface area contributed by atoms with Gasteiger partial charge in [-0.3, -0.25) is 9.59 Å². The average Bonchev–Trinajstić information content (AvgIpc) is 2.77. The van der Waals surface area contributed by atoms with Gasteiger partial charge >= 0.3 is 11.9 Å². The van der Waals surface area contributed by atoms with E-state index in [4.69, 9.17) is 19.3 Å². The summed E-state index contributed by atoms with van der Waals surface area (Å²) in [6, 6.07) is 15.8. The molecular weight excluding hydrogens is 390 g/mol. The number of nitrogens with one attached hydrogen (secondary N) is 1. The number of carboxylic acids is 1. The first-order valence-electron chi connectivity index (χ1n) is 9.31. The molecule has 1 amide bonds. The highest BCUT2D eigenvalue weighted by Gasteiger charge is 2.22. The number of benzene rings is 2. The second-order valence-electron chi connectivity index (χ2n) is 6.49. The predicted molar refractivity (Wildman–Crippen MR) is 108 cm³/mol. The van der Waals surface area contributed by atoms with Crippen molar-refractivity contribution in [3.05, 3.63) is 65.7 Å². The van der Waals surface area contributed by atoms with E-state index in [1.165, 1.54) is 14.2 Å². The molecule has 0 radical (unpaired) electrons. The number of carbonyl (C=O) groups excluding carboxylic acids is 2. The van der Waals surface area contributed by atoms with Gasteiger partial charge in [0.15, 0.2) is 12.7 Å². The Morgan fingerprint density at radius 3 is 2.23 bits per heavy atom. The SMILES string of the molecule is COC(=O)C(CNC(=O)COc1ccc(C[C@H](OC)C(=O)O)cc1)c1ccccc1. The summed E-state index contributed by atoms with van der Waals surface area (Å²) in [7, 11) is 2.65. The molecule has 8 nitrogen and oxygen atoms in total. The largest absolute Gasteiger partial charge is 0.484 e. The van der Waals surface area contributed by atoms with E-state index in [1.807, 2.05) is 18.2 Å². The number of hydrogen-bond acceptors (Lipinski definition) is 6. The van der Waals surface area contributed by atoms with E-state index >= 15 is 0 Å². The number of hydrogen-bond donors (Lipinski definition) is 2. The van der Waals surface area contributed by atoms with Crippen molar-refractivity contribution in [1.82, 2.24) is 5.32 Å². The van der Waals surface area contributed by atoms with Crippen LogP contribution in [0, 0.1) is 0 Å². The average molecular weight is 415 g/mol. The zero-order chi connectivity index (χ0) is 21.9. The van der Waals surface area contributed by atoms with Crippen molar-refractivity contribution in [2.75, 3.05) is 27.4 Å². The van der Waals surface area contributed by atoms with Crippen LogP contribution in [0.1, 0.15) is 17.0 Å². The number of esters is 1. The fraction of sp³-hybridized carbons (Fsp3) is 0.318. The second-order valence-corrected chi connectivity index (χ2v) is 6.49. The first kappa shape index (κ1) is 22.9. The van der Waals surface area contributed by atoms with Crippen LogP contribution in [-0.4, -0.2) is 56.4 Å². The molecule has 0 heterocycles. The molecular formula is C22H25NO7. The number of ether oxygens (including phenoxy) is 3. The summed E-state index contributed by atoms with van der Waals surface area (Å²) in [4.78, 5) is 35.2. The highest BCUT2D eigenvalue weighted by atomic mass is 16.5. The van der Waals surface area contributed by atoms with Crippen molar-refractivity contribution in [1.29, 1.82) is 0 Å². The molecule has 2 aromatic carbocycles. The molecule has 160 valence electrons. The molecule has 0 aliphatic rings. The summed E-state index contributed by atoms with van der Waals surface area (Å²) in [6.07, 6.45) is -0.698.